The number of amides is 1. The van der Waals surface area contributed by atoms with Crippen molar-refractivity contribution >= 4 is 39.9 Å². The van der Waals surface area contributed by atoms with Gasteiger partial charge in [0.25, 0.3) is 5.91 Å². The smallest absolute Gasteiger partial charge is 0.326 e. The third-order valence-corrected chi connectivity index (χ3v) is 7.00. The van der Waals surface area contributed by atoms with Crippen LogP contribution in [-0.4, -0.2) is 34.6 Å². The first kappa shape index (κ1) is 25.4. The predicted molar refractivity (Wildman–Crippen MR) is 145 cm³/mol. The number of carbonyl (C=O) groups excluding carboxylic acids is 1. The highest BCUT2D eigenvalue weighted by Gasteiger charge is 2.21. The lowest BCUT2D eigenvalue weighted by atomic mass is 10.1. The Morgan fingerprint density at radius 2 is 1.69 bits per heavy atom. The molecule has 1 atom stereocenters. The van der Waals surface area contributed by atoms with E-state index in [1.807, 2.05) is 72.1 Å². The molecule has 1 aromatic heterocycles. The zero-order chi connectivity index (χ0) is 25.5. The summed E-state index contributed by atoms with van der Waals surface area (Å²) in [7, 11) is 0. The zero-order valence-electron chi connectivity index (χ0n) is 19.7. The van der Waals surface area contributed by atoms with E-state index < -0.39 is 17.9 Å². The summed E-state index contributed by atoms with van der Waals surface area (Å²) in [6, 6.07) is 23.1. The molecule has 0 aliphatic carbocycles. The molecule has 0 saturated heterocycles. The van der Waals surface area contributed by atoms with E-state index in [1.165, 1.54) is 0 Å². The number of aliphatic carboxylic acids is 1. The van der Waals surface area contributed by atoms with Crippen molar-refractivity contribution in [2.24, 2.45) is 0 Å². The topological polar surface area (TPSA) is 82.5 Å². The maximum absolute atomic E-state index is 12.7. The number of carboxylic acid groups (broad SMARTS) is 1. The highest BCUT2D eigenvalue weighted by molar-refractivity contribution is 7.14. The number of nitrogens with one attached hydrogen (secondary N) is 1. The van der Waals surface area contributed by atoms with Gasteiger partial charge in [-0.15, -0.1) is 11.3 Å². The zero-order valence-corrected chi connectivity index (χ0v) is 21.3. The fraction of sp³-hybridized carbons (Fsp3) is 0.179. The molecular weight excluding hydrogens is 494 g/mol. The average Bonchev–Trinajstić information content (AvgIpc) is 3.38. The van der Waals surface area contributed by atoms with Gasteiger partial charge in [-0.25, -0.2) is 9.78 Å². The number of thiazole rings is 1. The molecule has 0 aliphatic rings. The first-order chi connectivity index (χ1) is 17.4. The molecule has 0 radical (unpaired) electrons. The van der Waals surface area contributed by atoms with E-state index in [-0.39, 0.29) is 6.42 Å². The second-order valence-electron chi connectivity index (χ2n) is 8.26. The van der Waals surface area contributed by atoms with E-state index in [9.17, 15) is 14.7 Å². The van der Waals surface area contributed by atoms with Crippen LogP contribution in [0.25, 0.3) is 11.3 Å². The minimum absolute atomic E-state index is 0.218. The second kappa shape index (κ2) is 11.8. The minimum atomic E-state index is -1.07. The van der Waals surface area contributed by atoms with Crippen molar-refractivity contribution in [3.8, 4) is 11.3 Å². The summed E-state index contributed by atoms with van der Waals surface area (Å²) in [4.78, 5) is 31.3. The van der Waals surface area contributed by atoms with E-state index in [0.29, 0.717) is 17.1 Å². The van der Waals surface area contributed by atoms with Crippen molar-refractivity contribution in [3.63, 3.8) is 0 Å². The molecule has 0 spiro atoms. The molecule has 184 valence electrons. The Labute approximate surface area is 219 Å². The molecule has 6 nitrogen and oxygen atoms in total. The maximum atomic E-state index is 12.7. The Hall–Kier alpha value is -3.68. The maximum Gasteiger partial charge on any atom is 0.326 e. The largest absolute Gasteiger partial charge is 0.480 e. The SMILES string of the molecule is CCN(Cc1ccc(C(=O)NC(Cc2ccccc2)C(=O)O)cc1)c1nc(-c2ccccc2Cl)cs1. The molecule has 8 heteroatoms. The number of hydrogen-bond acceptors (Lipinski definition) is 5. The van der Waals surface area contributed by atoms with Crippen LogP contribution in [0.1, 0.15) is 28.4 Å². The Kier molecular flexibility index (Phi) is 8.36. The predicted octanol–water partition coefficient (Wildman–Crippen LogP) is 5.92. The van der Waals surface area contributed by atoms with E-state index in [4.69, 9.17) is 16.6 Å². The molecular formula is C28H26ClN3O3S. The first-order valence-corrected chi connectivity index (χ1v) is 12.8. The van der Waals surface area contributed by atoms with Crippen molar-refractivity contribution in [3.05, 3.63) is 106 Å². The molecule has 1 heterocycles. The number of aromatic nitrogens is 1. The molecule has 3 aromatic carbocycles. The molecule has 0 aliphatic heterocycles. The van der Waals surface area contributed by atoms with Crippen LogP contribution in [0, 0.1) is 0 Å². The quantitative estimate of drug-likeness (QED) is 0.272. The number of anilines is 1. The minimum Gasteiger partial charge on any atom is -0.480 e. The van der Waals surface area contributed by atoms with Crippen molar-refractivity contribution in [1.29, 1.82) is 0 Å². The average molecular weight is 520 g/mol. The van der Waals surface area contributed by atoms with Gasteiger partial charge in [0, 0.05) is 41.0 Å². The molecule has 0 fully saturated rings. The number of carboxylic acids is 1. The van der Waals surface area contributed by atoms with Crippen LogP contribution in [0.15, 0.2) is 84.2 Å². The fourth-order valence-corrected chi connectivity index (χ4v) is 4.91. The molecule has 4 aromatic rings. The van der Waals surface area contributed by atoms with Gasteiger partial charge in [-0.3, -0.25) is 4.79 Å². The highest BCUT2D eigenvalue weighted by atomic mass is 35.5. The molecule has 0 bridgehead atoms. The van der Waals surface area contributed by atoms with Gasteiger partial charge in [-0.2, -0.15) is 0 Å². The van der Waals surface area contributed by atoms with Crippen molar-refractivity contribution in [1.82, 2.24) is 10.3 Å². The lowest BCUT2D eigenvalue weighted by Gasteiger charge is -2.20. The van der Waals surface area contributed by atoms with Crippen molar-refractivity contribution < 1.29 is 14.7 Å². The normalized spacial score (nSPS) is 11.6. The van der Waals surface area contributed by atoms with Gasteiger partial charge < -0.3 is 15.3 Å². The Bertz CT molecular complexity index is 1330. The molecule has 36 heavy (non-hydrogen) atoms. The second-order valence-corrected chi connectivity index (χ2v) is 9.50. The molecule has 4 rings (SSSR count). The number of rotatable bonds is 10. The number of nitrogens with zero attached hydrogens (tertiary/aromatic N) is 2. The number of benzene rings is 3. The standard InChI is InChI=1S/C28H26ClN3O3S/c1-2-32(28-31-25(18-36-28)22-10-6-7-11-23(22)29)17-20-12-14-21(15-13-20)26(33)30-24(27(34)35)16-19-8-4-3-5-9-19/h3-15,18,24H,2,16-17H2,1H3,(H,30,33)(H,34,35). The van der Waals surface area contributed by atoms with Gasteiger partial charge in [0.05, 0.1) is 5.69 Å². The van der Waals surface area contributed by atoms with Gasteiger partial charge in [-0.05, 0) is 36.2 Å². The molecule has 1 unspecified atom stereocenters. The van der Waals surface area contributed by atoms with Gasteiger partial charge in [-0.1, -0.05) is 72.3 Å². The van der Waals surface area contributed by atoms with Gasteiger partial charge in [0.2, 0.25) is 0 Å². The third-order valence-electron chi connectivity index (χ3n) is 5.77. The highest BCUT2D eigenvalue weighted by Crippen LogP contribution is 2.32. The summed E-state index contributed by atoms with van der Waals surface area (Å²) in [5.41, 5.74) is 4.02. The lowest BCUT2D eigenvalue weighted by molar-refractivity contribution is -0.139. The number of hydrogen-bond donors (Lipinski definition) is 2. The third kappa shape index (κ3) is 6.30. The number of carbonyl (C=O) groups is 2. The Morgan fingerprint density at radius 1 is 1.00 bits per heavy atom. The van der Waals surface area contributed by atoms with Gasteiger partial charge in [0.15, 0.2) is 5.13 Å². The van der Waals surface area contributed by atoms with Gasteiger partial charge in [0.1, 0.15) is 6.04 Å². The van der Waals surface area contributed by atoms with Crippen LogP contribution < -0.4 is 10.2 Å². The fourth-order valence-electron chi connectivity index (χ4n) is 3.79. The molecule has 1 amide bonds. The summed E-state index contributed by atoms with van der Waals surface area (Å²) in [5, 5.41) is 15.8. The summed E-state index contributed by atoms with van der Waals surface area (Å²) in [6.07, 6.45) is 0.218. The van der Waals surface area contributed by atoms with Crippen LogP contribution in [-0.2, 0) is 17.8 Å². The van der Waals surface area contributed by atoms with Crippen LogP contribution in [0.5, 0.6) is 0 Å². The lowest BCUT2D eigenvalue weighted by Crippen LogP contribution is -2.42. The van der Waals surface area contributed by atoms with E-state index >= 15 is 0 Å². The van der Waals surface area contributed by atoms with Crippen LogP contribution in [0.4, 0.5) is 5.13 Å². The summed E-state index contributed by atoms with van der Waals surface area (Å²) >= 11 is 7.89. The molecule has 2 N–H and O–H groups in total. The van der Waals surface area contributed by atoms with Crippen molar-refractivity contribution in [2.75, 3.05) is 11.4 Å². The Morgan fingerprint density at radius 3 is 2.36 bits per heavy atom. The Balaban J connectivity index is 1.41. The number of halogens is 1. The van der Waals surface area contributed by atoms with Crippen LogP contribution in [0.2, 0.25) is 5.02 Å². The van der Waals surface area contributed by atoms with Gasteiger partial charge >= 0.3 is 5.97 Å². The van der Waals surface area contributed by atoms with E-state index in [2.05, 4.69) is 17.1 Å². The van der Waals surface area contributed by atoms with E-state index in [0.717, 1.165) is 34.1 Å². The van der Waals surface area contributed by atoms with Crippen molar-refractivity contribution in [2.45, 2.75) is 25.9 Å². The summed E-state index contributed by atoms with van der Waals surface area (Å²) < 4.78 is 0. The van der Waals surface area contributed by atoms with E-state index in [1.54, 1.807) is 23.5 Å². The van der Waals surface area contributed by atoms with Crippen LogP contribution >= 0.6 is 22.9 Å². The first-order valence-electron chi connectivity index (χ1n) is 11.6. The summed E-state index contributed by atoms with van der Waals surface area (Å²) in [6.45, 7) is 3.45. The molecule has 0 saturated carbocycles. The summed E-state index contributed by atoms with van der Waals surface area (Å²) in [5.74, 6) is -1.48. The van der Waals surface area contributed by atoms with Crippen LogP contribution in [0.3, 0.4) is 0 Å². The monoisotopic (exact) mass is 519 g/mol.